The maximum atomic E-state index is 13.4. The fourth-order valence-corrected chi connectivity index (χ4v) is 2.64. The summed E-state index contributed by atoms with van der Waals surface area (Å²) in [5, 5.41) is 2.59. The average molecular weight is 350 g/mol. The predicted molar refractivity (Wildman–Crippen MR) is 89.2 cm³/mol. The molecule has 1 fully saturated rings. The Morgan fingerprint density at radius 1 is 1.16 bits per heavy atom. The second kappa shape index (κ2) is 6.66. The van der Waals surface area contributed by atoms with E-state index in [-0.39, 0.29) is 11.3 Å². The normalized spacial score (nSPS) is 14.0. The zero-order valence-electron chi connectivity index (χ0n) is 13.6. The highest BCUT2D eigenvalue weighted by molar-refractivity contribution is 6.04. The summed E-state index contributed by atoms with van der Waals surface area (Å²) in [5.74, 6) is -0.0594. The van der Waals surface area contributed by atoms with Crippen LogP contribution >= 0.6 is 0 Å². The van der Waals surface area contributed by atoms with Crippen molar-refractivity contribution in [1.29, 1.82) is 0 Å². The molecule has 2 aromatic carbocycles. The maximum absolute atomic E-state index is 13.4. The third-order valence-electron chi connectivity index (χ3n) is 4.09. The zero-order valence-corrected chi connectivity index (χ0v) is 13.6. The molecule has 3 rings (SSSR count). The van der Waals surface area contributed by atoms with Crippen molar-refractivity contribution in [3.63, 3.8) is 0 Å². The molecule has 132 valence electrons. The number of rotatable bonds is 4. The van der Waals surface area contributed by atoms with Crippen molar-refractivity contribution >= 4 is 17.3 Å². The van der Waals surface area contributed by atoms with E-state index >= 15 is 0 Å². The van der Waals surface area contributed by atoms with Gasteiger partial charge in [-0.15, -0.1) is 0 Å². The van der Waals surface area contributed by atoms with Crippen LogP contribution in [0.4, 0.5) is 24.5 Å². The van der Waals surface area contributed by atoms with E-state index in [0.717, 1.165) is 12.5 Å². The average Bonchev–Trinajstić information content (AvgIpc) is 2.52. The first-order chi connectivity index (χ1) is 11.9. The molecule has 0 atom stereocenters. The van der Waals surface area contributed by atoms with E-state index in [9.17, 15) is 18.0 Å². The third kappa shape index (κ3) is 3.70. The molecule has 1 amide bonds. The predicted octanol–water partition coefficient (Wildman–Crippen LogP) is 4.18. The lowest BCUT2D eigenvalue weighted by Crippen LogP contribution is -2.38. The highest BCUT2D eigenvalue weighted by Gasteiger charge is 2.36. The van der Waals surface area contributed by atoms with Crippen LogP contribution in [0.15, 0.2) is 42.5 Å². The molecule has 0 unspecified atom stereocenters. The number of hydrogen-bond acceptors (Lipinski definition) is 3. The Bertz CT molecular complexity index is 786. The molecule has 0 spiro atoms. The van der Waals surface area contributed by atoms with E-state index in [1.54, 1.807) is 29.2 Å². The highest BCUT2D eigenvalue weighted by atomic mass is 19.4. The first-order valence-corrected chi connectivity index (χ1v) is 7.80. The Morgan fingerprint density at radius 3 is 2.52 bits per heavy atom. The van der Waals surface area contributed by atoms with E-state index in [0.29, 0.717) is 24.5 Å². The van der Waals surface area contributed by atoms with Gasteiger partial charge in [0.2, 0.25) is 0 Å². The molecule has 1 N–H and O–H groups in total. The first-order valence-electron chi connectivity index (χ1n) is 7.80. The summed E-state index contributed by atoms with van der Waals surface area (Å²) in [4.78, 5) is 14.0. The van der Waals surface area contributed by atoms with Crippen LogP contribution in [-0.2, 0) is 6.18 Å². The Hall–Kier alpha value is -2.70. The summed E-state index contributed by atoms with van der Waals surface area (Å²) >= 11 is 0. The second-order valence-corrected chi connectivity index (χ2v) is 5.76. The number of halogens is 3. The summed E-state index contributed by atoms with van der Waals surface area (Å²) in [5.41, 5.74) is -0.258. The van der Waals surface area contributed by atoms with Gasteiger partial charge in [-0.2, -0.15) is 13.2 Å². The van der Waals surface area contributed by atoms with Crippen molar-refractivity contribution < 1.29 is 22.7 Å². The Balaban J connectivity index is 1.87. The summed E-state index contributed by atoms with van der Waals surface area (Å²) in [6, 6.07) is 10.3. The highest BCUT2D eigenvalue weighted by Crippen LogP contribution is 2.38. The molecular weight excluding hydrogens is 333 g/mol. The lowest BCUT2D eigenvalue weighted by molar-refractivity contribution is -0.137. The number of amides is 1. The van der Waals surface area contributed by atoms with Crippen LogP contribution in [0.1, 0.15) is 22.3 Å². The number of methoxy groups -OCH3 is 1. The quantitative estimate of drug-likeness (QED) is 0.900. The van der Waals surface area contributed by atoms with Gasteiger partial charge in [-0.3, -0.25) is 4.79 Å². The fraction of sp³-hybridized carbons (Fsp3) is 0.278. The van der Waals surface area contributed by atoms with Crippen LogP contribution in [0.3, 0.4) is 0 Å². The van der Waals surface area contributed by atoms with E-state index in [1.165, 1.54) is 19.2 Å². The maximum Gasteiger partial charge on any atom is 0.418 e. The molecule has 0 aliphatic carbocycles. The molecule has 0 bridgehead atoms. The van der Waals surface area contributed by atoms with Gasteiger partial charge in [0, 0.05) is 36.1 Å². The number of hydrogen-bond donors (Lipinski definition) is 1. The van der Waals surface area contributed by atoms with Crippen molar-refractivity contribution in [1.82, 2.24) is 0 Å². The van der Waals surface area contributed by atoms with E-state index in [1.807, 2.05) is 0 Å². The molecule has 1 heterocycles. The molecule has 0 saturated carbocycles. The van der Waals surface area contributed by atoms with Gasteiger partial charge in [-0.25, -0.2) is 0 Å². The third-order valence-corrected chi connectivity index (χ3v) is 4.09. The van der Waals surface area contributed by atoms with Crippen LogP contribution in [-0.4, -0.2) is 26.1 Å². The molecule has 1 aliphatic heterocycles. The van der Waals surface area contributed by atoms with Crippen molar-refractivity contribution in [2.24, 2.45) is 0 Å². The number of benzene rings is 2. The summed E-state index contributed by atoms with van der Waals surface area (Å²) in [6.45, 7) is 1.19. The molecule has 7 heteroatoms. The molecule has 1 saturated heterocycles. The Kier molecular flexibility index (Phi) is 4.57. The van der Waals surface area contributed by atoms with Gasteiger partial charge in [-0.1, -0.05) is 6.07 Å². The first kappa shape index (κ1) is 17.1. The van der Waals surface area contributed by atoms with E-state index in [4.69, 9.17) is 4.74 Å². The van der Waals surface area contributed by atoms with Gasteiger partial charge in [0.05, 0.1) is 12.7 Å². The van der Waals surface area contributed by atoms with Gasteiger partial charge < -0.3 is 15.0 Å². The molecule has 0 radical (unpaired) electrons. The van der Waals surface area contributed by atoms with Crippen molar-refractivity contribution in [3.8, 4) is 5.75 Å². The number of carbonyl (C=O) groups is 1. The smallest absolute Gasteiger partial charge is 0.418 e. The van der Waals surface area contributed by atoms with Crippen LogP contribution < -0.4 is 15.0 Å². The minimum atomic E-state index is -4.52. The van der Waals surface area contributed by atoms with Gasteiger partial charge in [-0.05, 0) is 36.8 Å². The summed E-state index contributed by atoms with van der Waals surface area (Å²) in [6.07, 6.45) is -3.65. The van der Waals surface area contributed by atoms with Gasteiger partial charge >= 0.3 is 6.18 Å². The zero-order chi connectivity index (χ0) is 18.0. The lowest BCUT2D eigenvalue weighted by Gasteiger charge is -2.35. The number of alkyl halides is 3. The minimum absolute atomic E-state index is 0.0422. The lowest BCUT2D eigenvalue weighted by atomic mass is 10.0. The molecule has 4 nitrogen and oxygen atoms in total. The van der Waals surface area contributed by atoms with Gasteiger partial charge in [0.25, 0.3) is 5.91 Å². The number of carbonyl (C=O) groups excluding carboxylic acids is 1. The minimum Gasteiger partial charge on any atom is -0.497 e. The molecule has 2 aromatic rings. The van der Waals surface area contributed by atoms with Crippen LogP contribution in [0.2, 0.25) is 0 Å². The van der Waals surface area contributed by atoms with Crippen molar-refractivity contribution in [2.75, 3.05) is 30.4 Å². The fourth-order valence-electron chi connectivity index (χ4n) is 2.64. The molecule has 25 heavy (non-hydrogen) atoms. The Morgan fingerprint density at radius 2 is 1.92 bits per heavy atom. The monoisotopic (exact) mass is 350 g/mol. The van der Waals surface area contributed by atoms with Crippen LogP contribution in [0.25, 0.3) is 0 Å². The van der Waals surface area contributed by atoms with Gasteiger partial charge in [0.15, 0.2) is 0 Å². The molecule has 1 aliphatic rings. The largest absolute Gasteiger partial charge is 0.497 e. The van der Waals surface area contributed by atoms with Crippen LogP contribution in [0, 0.1) is 0 Å². The van der Waals surface area contributed by atoms with E-state index in [2.05, 4.69) is 5.32 Å². The van der Waals surface area contributed by atoms with E-state index < -0.39 is 17.6 Å². The van der Waals surface area contributed by atoms with Crippen LogP contribution in [0.5, 0.6) is 5.75 Å². The number of anilines is 2. The number of ether oxygens (including phenoxy) is 1. The summed E-state index contributed by atoms with van der Waals surface area (Å²) < 4.78 is 45.2. The van der Waals surface area contributed by atoms with Gasteiger partial charge in [0.1, 0.15) is 5.75 Å². The number of nitrogens with one attached hydrogen (secondary N) is 1. The second-order valence-electron chi connectivity index (χ2n) is 5.76. The summed E-state index contributed by atoms with van der Waals surface area (Å²) in [7, 11) is 1.49. The topological polar surface area (TPSA) is 41.6 Å². The molecular formula is C18H17F3N2O2. The standard InChI is InChI=1S/C18H17F3N2O2/c1-25-14-5-2-4-13(11-14)22-17(24)12-6-7-16(23-8-3-9-23)15(10-12)18(19,20)21/h2,4-7,10-11H,3,8-9H2,1H3,(H,22,24). The Labute approximate surface area is 143 Å². The van der Waals surface area contributed by atoms with Crippen molar-refractivity contribution in [3.05, 3.63) is 53.6 Å². The SMILES string of the molecule is COc1cccc(NC(=O)c2ccc(N3CCC3)c(C(F)(F)F)c2)c1. The number of nitrogens with zero attached hydrogens (tertiary/aromatic N) is 1. The van der Waals surface area contributed by atoms with Crippen molar-refractivity contribution in [2.45, 2.75) is 12.6 Å². The molecule has 0 aromatic heterocycles.